The van der Waals surface area contributed by atoms with Crippen LogP contribution in [0.2, 0.25) is 0 Å². The van der Waals surface area contributed by atoms with E-state index in [1.165, 1.54) is 40.0 Å². The van der Waals surface area contributed by atoms with Crippen molar-refractivity contribution in [2.75, 3.05) is 18.6 Å². The van der Waals surface area contributed by atoms with Gasteiger partial charge in [0, 0.05) is 23.4 Å². The second-order valence-electron chi connectivity index (χ2n) is 6.07. The summed E-state index contributed by atoms with van der Waals surface area (Å²) >= 11 is 0. The van der Waals surface area contributed by atoms with Gasteiger partial charge in [0.2, 0.25) is 0 Å². The van der Waals surface area contributed by atoms with Crippen molar-refractivity contribution in [1.29, 1.82) is 0 Å². The Morgan fingerprint density at radius 3 is 2.29 bits per heavy atom. The van der Waals surface area contributed by atoms with Crippen LogP contribution in [0.15, 0.2) is 41.3 Å². The standard InChI is InChI=1S/C17H21O2S.CHF3O3S/c1-13(18-2)19-15-9-8-14-6-5-7-17(16(14)12-15)20-10-3-4-11-20;2-1(3,4)8(5,6)7/h5-9,12-13H,3-4,10-11H2,1-2H3;(H,5,6,7)/q+1;/p-1. The monoisotopic (exact) mass is 438 g/mol. The third-order valence-corrected chi connectivity index (χ3v) is 7.18. The van der Waals surface area contributed by atoms with Crippen LogP contribution >= 0.6 is 0 Å². The highest BCUT2D eigenvalue weighted by atomic mass is 32.2. The van der Waals surface area contributed by atoms with Crippen LogP contribution in [0.3, 0.4) is 0 Å². The number of hydrogen-bond donors (Lipinski definition) is 0. The second kappa shape index (κ2) is 9.34. The van der Waals surface area contributed by atoms with Crippen molar-refractivity contribution in [3.05, 3.63) is 36.4 Å². The van der Waals surface area contributed by atoms with Gasteiger partial charge in [-0.1, -0.05) is 18.2 Å². The maximum atomic E-state index is 10.7. The molecule has 0 aromatic heterocycles. The van der Waals surface area contributed by atoms with E-state index in [1.807, 2.05) is 13.0 Å². The first-order chi connectivity index (χ1) is 13.0. The quantitative estimate of drug-likeness (QED) is 0.312. The minimum absolute atomic E-state index is 0.214. The van der Waals surface area contributed by atoms with E-state index < -0.39 is 15.6 Å². The Labute approximate surface area is 164 Å². The summed E-state index contributed by atoms with van der Waals surface area (Å²) < 4.78 is 69.8. The van der Waals surface area contributed by atoms with Crippen LogP contribution in [-0.2, 0) is 25.7 Å². The first kappa shape index (κ1) is 22.8. The van der Waals surface area contributed by atoms with Gasteiger partial charge in [0.15, 0.2) is 21.3 Å². The van der Waals surface area contributed by atoms with E-state index in [9.17, 15) is 13.2 Å². The lowest BCUT2D eigenvalue weighted by molar-refractivity contribution is -0.0518. The maximum absolute atomic E-state index is 10.7. The Balaban J connectivity index is 0.000000300. The molecule has 0 bridgehead atoms. The SMILES string of the molecule is COC(C)Oc1ccc2cccc([S+]3CCCC3)c2c1.O=S(=O)([O-])C(F)(F)F. The number of ether oxygens (including phenoxy) is 2. The molecule has 1 fully saturated rings. The van der Waals surface area contributed by atoms with E-state index >= 15 is 0 Å². The molecule has 0 aliphatic carbocycles. The predicted octanol–water partition coefficient (Wildman–Crippen LogP) is 4.03. The molecule has 2 aromatic carbocycles. The first-order valence-electron chi connectivity index (χ1n) is 8.45. The molecule has 0 spiro atoms. The highest BCUT2D eigenvalue weighted by molar-refractivity contribution is 7.97. The lowest BCUT2D eigenvalue weighted by Gasteiger charge is -2.13. The van der Waals surface area contributed by atoms with E-state index in [1.54, 1.807) is 7.11 Å². The van der Waals surface area contributed by atoms with Gasteiger partial charge in [0.1, 0.15) is 17.3 Å². The van der Waals surface area contributed by atoms with E-state index in [4.69, 9.17) is 22.4 Å². The molecule has 10 heteroatoms. The van der Waals surface area contributed by atoms with Gasteiger partial charge in [0.05, 0.1) is 0 Å². The van der Waals surface area contributed by atoms with Crippen LogP contribution in [0.1, 0.15) is 19.8 Å². The highest BCUT2D eigenvalue weighted by Gasteiger charge is 2.37. The van der Waals surface area contributed by atoms with E-state index in [-0.39, 0.29) is 6.29 Å². The van der Waals surface area contributed by atoms with Gasteiger partial charge in [-0.2, -0.15) is 13.2 Å². The van der Waals surface area contributed by atoms with E-state index in [2.05, 4.69) is 30.3 Å². The Morgan fingerprint density at radius 2 is 1.75 bits per heavy atom. The molecule has 2 aromatic rings. The molecule has 1 aliphatic heterocycles. The summed E-state index contributed by atoms with van der Waals surface area (Å²) in [6, 6.07) is 13.0. The van der Waals surface area contributed by atoms with Gasteiger partial charge < -0.3 is 14.0 Å². The molecule has 0 radical (unpaired) electrons. The van der Waals surface area contributed by atoms with Crippen LogP contribution in [0.4, 0.5) is 13.2 Å². The minimum atomic E-state index is -6.09. The fourth-order valence-corrected chi connectivity index (χ4v) is 5.17. The zero-order chi connectivity index (χ0) is 20.9. The lowest BCUT2D eigenvalue weighted by atomic mass is 10.1. The van der Waals surface area contributed by atoms with Gasteiger partial charge in [-0.25, -0.2) is 8.42 Å². The van der Waals surface area contributed by atoms with Gasteiger partial charge in [-0.05, 0) is 43.4 Å². The Hall–Kier alpha value is -1.49. The van der Waals surface area contributed by atoms with Crippen LogP contribution in [0.25, 0.3) is 10.8 Å². The van der Waals surface area contributed by atoms with Crippen LogP contribution in [0.5, 0.6) is 5.75 Å². The summed E-state index contributed by atoms with van der Waals surface area (Å²) in [5, 5.41) is 2.65. The van der Waals surface area contributed by atoms with Crippen molar-refractivity contribution in [3.8, 4) is 5.75 Å². The smallest absolute Gasteiger partial charge is 0.485 e. The number of rotatable bonds is 4. The van der Waals surface area contributed by atoms with Gasteiger partial charge in [0.25, 0.3) is 0 Å². The molecular formula is C18H21F3O5S2. The fraction of sp³-hybridized carbons (Fsp3) is 0.444. The van der Waals surface area contributed by atoms with Crippen LogP contribution in [-0.4, -0.2) is 43.4 Å². The number of hydrogen-bond acceptors (Lipinski definition) is 5. The summed E-state index contributed by atoms with van der Waals surface area (Å²) in [5.41, 5.74) is -5.65. The second-order valence-corrected chi connectivity index (χ2v) is 9.68. The van der Waals surface area contributed by atoms with Crippen LogP contribution < -0.4 is 4.74 Å². The average Bonchev–Trinajstić information content (AvgIpc) is 3.14. The van der Waals surface area contributed by atoms with Crippen molar-refractivity contribution in [2.24, 2.45) is 0 Å². The molecule has 3 rings (SSSR count). The van der Waals surface area contributed by atoms with E-state index in [0.29, 0.717) is 10.9 Å². The summed E-state index contributed by atoms with van der Waals surface area (Å²) in [6.07, 6.45) is 2.53. The lowest BCUT2D eigenvalue weighted by Crippen LogP contribution is -2.21. The Kier molecular flexibility index (Phi) is 7.60. The normalized spacial score (nSPS) is 16.5. The molecule has 1 unspecified atom stereocenters. The maximum Gasteiger partial charge on any atom is 0.485 e. The average molecular weight is 438 g/mol. The molecule has 156 valence electrons. The number of methoxy groups -OCH3 is 1. The fourth-order valence-electron chi connectivity index (χ4n) is 2.66. The van der Waals surface area contributed by atoms with Crippen molar-refractivity contribution in [3.63, 3.8) is 0 Å². The molecule has 1 atom stereocenters. The highest BCUT2D eigenvalue weighted by Crippen LogP contribution is 2.32. The summed E-state index contributed by atoms with van der Waals surface area (Å²) in [7, 11) is -4.00. The molecule has 28 heavy (non-hydrogen) atoms. The predicted molar refractivity (Wildman–Crippen MR) is 101 cm³/mol. The Morgan fingerprint density at radius 1 is 1.14 bits per heavy atom. The molecular weight excluding hydrogens is 417 g/mol. The van der Waals surface area contributed by atoms with E-state index in [0.717, 1.165) is 5.75 Å². The Bertz CT molecular complexity index is 894. The summed E-state index contributed by atoms with van der Waals surface area (Å²) in [6.45, 7) is 1.91. The summed E-state index contributed by atoms with van der Waals surface area (Å²) in [5.74, 6) is 3.58. The molecule has 0 N–H and O–H groups in total. The van der Waals surface area contributed by atoms with Gasteiger partial charge >= 0.3 is 5.51 Å². The topological polar surface area (TPSA) is 75.7 Å². The molecule has 1 heterocycles. The minimum Gasteiger partial charge on any atom is -0.741 e. The third kappa shape index (κ3) is 6.00. The number of fused-ring (bicyclic) bond motifs is 1. The zero-order valence-electron chi connectivity index (χ0n) is 15.4. The van der Waals surface area contributed by atoms with Gasteiger partial charge in [-0.15, -0.1) is 0 Å². The number of benzene rings is 2. The molecule has 1 saturated heterocycles. The molecule has 5 nitrogen and oxygen atoms in total. The number of alkyl halides is 3. The van der Waals surface area contributed by atoms with Crippen LogP contribution in [0, 0.1) is 0 Å². The van der Waals surface area contributed by atoms with Crippen molar-refractivity contribution in [2.45, 2.75) is 36.5 Å². The summed E-state index contributed by atoms with van der Waals surface area (Å²) in [4.78, 5) is 1.51. The van der Waals surface area contributed by atoms with Crippen molar-refractivity contribution >= 4 is 31.8 Å². The largest absolute Gasteiger partial charge is 0.741 e. The molecule has 1 aliphatic rings. The van der Waals surface area contributed by atoms with Crippen molar-refractivity contribution in [1.82, 2.24) is 0 Å². The van der Waals surface area contributed by atoms with Crippen molar-refractivity contribution < 1.29 is 35.6 Å². The zero-order valence-corrected chi connectivity index (χ0v) is 17.0. The third-order valence-electron chi connectivity index (χ3n) is 4.07. The number of halogens is 3. The molecule has 0 saturated carbocycles. The molecule has 0 amide bonds. The van der Waals surface area contributed by atoms with Gasteiger partial charge in [-0.3, -0.25) is 0 Å². The first-order valence-corrected chi connectivity index (χ1v) is 11.4.